The number of carbonyl (C=O) groups excluding carboxylic acids is 1. The number of nitrogens with one attached hydrogen (secondary N) is 1. The Morgan fingerprint density at radius 2 is 2.10 bits per heavy atom. The number of nitrogens with two attached hydrogens (primary N) is 1. The first-order valence-corrected chi connectivity index (χ1v) is 8.95. The highest BCUT2D eigenvalue weighted by molar-refractivity contribution is 7.99. The fourth-order valence-electron chi connectivity index (χ4n) is 2.32. The number of thioether (sulfide) groups is 1. The van der Waals surface area contributed by atoms with Crippen molar-refractivity contribution in [1.29, 1.82) is 0 Å². The molecule has 1 aromatic rings. The van der Waals surface area contributed by atoms with Crippen LogP contribution < -0.4 is 11.1 Å². The van der Waals surface area contributed by atoms with Crippen LogP contribution in [0.25, 0.3) is 0 Å². The molecule has 21 heavy (non-hydrogen) atoms. The molecular weight excluding hydrogens is 280 g/mol. The molecule has 2 rings (SSSR count). The summed E-state index contributed by atoms with van der Waals surface area (Å²) in [6.45, 7) is 4.45. The van der Waals surface area contributed by atoms with Crippen molar-refractivity contribution in [2.45, 2.75) is 44.7 Å². The number of hydrogen-bond donors (Lipinski definition) is 2. The Kier molecular flexibility index (Phi) is 5.71. The lowest BCUT2D eigenvalue weighted by molar-refractivity contribution is -0.124. The van der Waals surface area contributed by atoms with Gasteiger partial charge in [-0.25, -0.2) is 0 Å². The Hall–Kier alpha value is -1.00. The SMILES string of the molecule is CCC(C)CSCC(NC1CC1)(C(N)=O)c1ccccc1. The molecule has 2 atom stereocenters. The minimum absolute atomic E-state index is 0.266. The number of benzene rings is 1. The van der Waals surface area contributed by atoms with Crippen molar-refractivity contribution in [3.63, 3.8) is 0 Å². The summed E-state index contributed by atoms with van der Waals surface area (Å²) in [5.74, 6) is 2.16. The fraction of sp³-hybridized carbons (Fsp3) is 0.588. The normalized spacial score (nSPS) is 19.0. The second-order valence-corrected chi connectivity index (χ2v) is 7.11. The monoisotopic (exact) mass is 306 g/mol. The van der Waals surface area contributed by atoms with Crippen molar-refractivity contribution in [2.75, 3.05) is 11.5 Å². The first-order chi connectivity index (χ1) is 10.1. The van der Waals surface area contributed by atoms with Gasteiger partial charge in [-0.2, -0.15) is 11.8 Å². The van der Waals surface area contributed by atoms with E-state index in [1.165, 1.54) is 0 Å². The molecule has 0 spiro atoms. The summed E-state index contributed by atoms with van der Waals surface area (Å²) in [4.78, 5) is 12.3. The second-order valence-electron chi connectivity index (χ2n) is 6.08. The maximum atomic E-state index is 12.3. The quantitative estimate of drug-likeness (QED) is 0.737. The van der Waals surface area contributed by atoms with Gasteiger partial charge >= 0.3 is 0 Å². The molecule has 116 valence electrons. The Labute approximate surface area is 132 Å². The maximum absolute atomic E-state index is 12.3. The summed E-state index contributed by atoms with van der Waals surface area (Å²) in [6, 6.07) is 10.4. The third kappa shape index (κ3) is 4.24. The maximum Gasteiger partial charge on any atom is 0.243 e. The van der Waals surface area contributed by atoms with Crippen molar-refractivity contribution in [3.05, 3.63) is 35.9 Å². The third-order valence-electron chi connectivity index (χ3n) is 4.13. The summed E-state index contributed by atoms with van der Waals surface area (Å²) in [5, 5.41) is 3.52. The minimum atomic E-state index is -0.736. The zero-order valence-electron chi connectivity index (χ0n) is 13.0. The molecule has 1 fully saturated rings. The molecular formula is C17H26N2OS. The number of hydrogen-bond acceptors (Lipinski definition) is 3. The first-order valence-electron chi connectivity index (χ1n) is 7.79. The van der Waals surface area contributed by atoms with Crippen LogP contribution in [0.1, 0.15) is 38.7 Å². The average Bonchev–Trinajstić information content (AvgIpc) is 3.30. The van der Waals surface area contributed by atoms with Gasteiger partial charge in [0.15, 0.2) is 0 Å². The summed E-state index contributed by atoms with van der Waals surface area (Å²) in [7, 11) is 0. The van der Waals surface area contributed by atoms with Gasteiger partial charge in [0.1, 0.15) is 5.54 Å². The zero-order chi connectivity index (χ0) is 15.3. The van der Waals surface area contributed by atoms with E-state index in [1.54, 1.807) is 0 Å². The van der Waals surface area contributed by atoms with E-state index in [2.05, 4.69) is 19.2 Å². The second kappa shape index (κ2) is 7.32. The van der Waals surface area contributed by atoms with Crippen LogP contribution in [-0.2, 0) is 10.3 Å². The van der Waals surface area contributed by atoms with E-state index in [0.29, 0.717) is 17.7 Å². The van der Waals surface area contributed by atoms with Gasteiger partial charge in [-0.3, -0.25) is 10.1 Å². The Morgan fingerprint density at radius 1 is 1.43 bits per heavy atom. The van der Waals surface area contributed by atoms with E-state index in [4.69, 9.17) is 5.73 Å². The number of amides is 1. The van der Waals surface area contributed by atoms with Crippen LogP contribution in [0.4, 0.5) is 0 Å². The smallest absolute Gasteiger partial charge is 0.243 e. The molecule has 3 N–H and O–H groups in total. The van der Waals surface area contributed by atoms with E-state index in [1.807, 2.05) is 42.1 Å². The van der Waals surface area contributed by atoms with E-state index < -0.39 is 5.54 Å². The highest BCUT2D eigenvalue weighted by Gasteiger charge is 2.42. The van der Waals surface area contributed by atoms with Crippen LogP contribution in [0.15, 0.2) is 30.3 Å². The van der Waals surface area contributed by atoms with Gasteiger partial charge in [-0.05, 0) is 30.1 Å². The van der Waals surface area contributed by atoms with Crippen LogP contribution in [0.5, 0.6) is 0 Å². The Bertz CT molecular complexity index is 461. The van der Waals surface area contributed by atoms with E-state index >= 15 is 0 Å². The minimum Gasteiger partial charge on any atom is -0.368 e. The van der Waals surface area contributed by atoms with Crippen LogP contribution in [0.2, 0.25) is 0 Å². The summed E-state index contributed by atoms with van der Waals surface area (Å²) >= 11 is 1.82. The van der Waals surface area contributed by atoms with Gasteiger partial charge in [0.2, 0.25) is 5.91 Å². The molecule has 1 aliphatic rings. The number of rotatable bonds is 9. The summed E-state index contributed by atoms with van der Waals surface area (Å²) in [6.07, 6.45) is 3.44. The lowest BCUT2D eigenvalue weighted by atomic mass is 9.91. The topological polar surface area (TPSA) is 55.1 Å². The molecule has 0 aromatic heterocycles. The van der Waals surface area contributed by atoms with Crippen molar-refractivity contribution in [2.24, 2.45) is 11.7 Å². The standard InChI is InChI=1S/C17H26N2OS/c1-3-13(2)11-21-12-17(16(18)20,19-15-9-10-15)14-7-5-4-6-8-14/h4-8,13,15,19H,3,9-12H2,1-2H3,(H2,18,20). The molecule has 1 aliphatic carbocycles. The summed E-state index contributed by atoms with van der Waals surface area (Å²) < 4.78 is 0. The van der Waals surface area contributed by atoms with Gasteiger partial charge in [0.25, 0.3) is 0 Å². The van der Waals surface area contributed by atoms with E-state index in [-0.39, 0.29) is 5.91 Å². The van der Waals surface area contributed by atoms with E-state index in [9.17, 15) is 4.79 Å². The molecule has 0 saturated heterocycles. The molecule has 0 heterocycles. The molecule has 0 radical (unpaired) electrons. The molecule has 1 aromatic carbocycles. The molecule has 3 nitrogen and oxygen atoms in total. The van der Waals surface area contributed by atoms with Gasteiger partial charge in [-0.15, -0.1) is 0 Å². The molecule has 1 amide bonds. The van der Waals surface area contributed by atoms with Crippen LogP contribution in [0.3, 0.4) is 0 Å². The molecule has 0 bridgehead atoms. The average molecular weight is 306 g/mol. The lowest BCUT2D eigenvalue weighted by Gasteiger charge is -2.32. The highest BCUT2D eigenvalue weighted by atomic mass is 32.2. The number of carbonyl (C=O) groups is 1. The van der Waals surface area contributed by atoms with Gasteiger partial charge in [0.05, 0.1) is 0 Å². The lowest BCUT2D eigenvalue weighted by Crippen LogP contribution is -2.55. The predicted molar refractivity (Wildman–Crippen MR) is 90.3 cm³/mol. The highest BCUT2D eigenvalue weighted by Crippen LogP contribution is 2.32. The van der Waals surface area contributed by atoms with Crippen LogP contribution in [-0.4, -0.2) is 23.5 Å². The van der Waals surface area contributed by atoms with Crippen molar-refractivity contribution < 1.29 is 4.79 Å². The first kappa shape index (κ1) is 16.4. The van der Waals surface area contributed by atoms with Crippen molar-refractivity contribution in [3.8, 4) is 0 Å². The Morgan fingerprint density at radius 3 is 2.62 bits per heavy atom. The van der Waals surface area contributed by atoms with Gasteiger partial charge < -0.3 is 5.73 Å². The van der Waals surface area contributed by atoms with Gasteiger partial charge in [0, 0.05) is 11.8 Å². The van der Waals surface area contributed by atoms with E-state index in [0.717, 1.165) is 30.6 Å². The van der Waals surface area contributed by atoms with Crippen LogP contribution >= 0.6 is 11.8 Å². The molecule has 2 unspecified atom stereocenters. The van der Waals surface area contributed by atoms with Crippen molar-refractivity contribution in [1.82, 2.24) is 5.32 Å². The van der Waals surface area contributed by atoms with Crippen LogP contribution in [0, 0.1) is 5.92 Å². The number of primary amides is 1. The molecule has 1 saturated carbocycles. The Balaban J connectivity index is 2.17. The largest absolute Gasteiger partial charge is 0.368 e. The summed E-state index contributed by atoms with van der Waals surface area (Å²) in [5.41, 5.74) is 6.07. The predicted octanol–water partition coefficient (Wildman–Crippen LogP) is 2.90. The zero-order valence-corrected chi connectivity index (χ0v) is 13.8. The molecule has 0 aliphatic heterocycles. The third-order valence-corrected chi connectivity index (χ3v) is 5.57. The van der Waals surface area contributed by atoms with Crippen molar-refractivity contribution >= 4 is 17.7 Å². The fourth-order valence-corrected chi connectivity index (χ4v) is 3.78. The molecule has 4 heteroatoms. The van der Waals surface area contributed by atoms with Gasteiger partial charge in [-0.1, -0.05) is 50.6 Å².